The van der Waals surface area contributed by atoms with E-state index in [1.165, 1.54) is 25.7 Å². The molecule has 0 aromatic heterocycles. The normalized spacial score (nSPS) is 12.6. The SMILES string of the molecule is CCCCCCC(C)NC(=O)C=Cc1ccccc1Cl. The van der Waals surface area contributed by atoms with Gasteiger partial charge in [-0.3, -0.25) is 4.79 Å². The zero-order valence-corrected chi connectivity index (χ0v) is 13.1. The van der Waals surface area contributed by atoms with Crippen LogP contribution < -0.4 is 5.32 Å². The van der Waals surface area contributed by atoms with Crippen molar-refractivity contribution in [3.05, 3.63) is 40.9 Å². The molecule has 20 heavy (non-hydrogen) atoms. The number of hydrogen-bond donors (Lipinski definition) is 1. The maximum Gasteiger partial charge on any atom is 0.244 e. The molecule has 0 aliphatic carbocycles. The number of amides is 1. The van der Waals surface area contributed by atoms with Gasteiger partial charge in [0.25, 0.3) is 0 Å². The van der Waals surface area contributed by atoms with E-state index >= 15 is 0 Å². The number of rotatable bonds is 8. The van der Waals surface area contributed by atoms with Crippen molar-refractivity contribution in [2.75, 3.05) is 0 Å². The fraction of sp³-hybridized carbons (Fsp3) is 0.471. The first-order valence-corrected chi connectivity index (χ1v) is 7.74. The van der Waals surface area contributed by atoms with Gasteiger partial charge in [-0.15, -0.1) is 0 Å². The van der Waals surface area contributed by atoms with Crippen molar-refractivity contribution in [1.82, 2.24) is 5.32 Å². The molecule has 1 unspecified atom stereocenters. The molecule has 110 valence electrons. The maximum absolute atomic E-state index is 11.8. The minimum atomic E-state index is -0.0621. The Balaban J connectivity index is 2.34. The van der Waals surface area contributed by atoms with Gasteiger partial charge < -0.3 is 5.32 Å². The predicted octanol–water partition coefficient (Wildman–Crippen LogP) is 4.83. The standard InChI is InChI=1S/C17H24ClNO/c1-3-4-5-6-9-14(2)19-17(20)13-12-15-10-7-8-11-16(15)18/h7-8,10-14H,3-6,9H2,1-2H3,(H,19,20). The molecule has 2 nitrogen and oxygen atoms in total. The summed E-state index contributed by atoms with van der Waals surface area (Å²) in [6, 6.07) is 7.70. The van der Waals surface area contributed by atoms with Gasteiger partial charge in [0.2, 0.25) is 5.91 Å². The lowest BCUT2D eigenvalue weighted by molar-refractivity contribution is -0.117. The number of nitrogens with one attached hydrogen (secondary N) is 1. The molecule has 0 fully saturated rings. The van der Waals surface area contributed by atoms with Gasteiger partial charge >= 0.3 is 0 Å². The second kappa shape index (κ2) is 9.60. The largest absolute Gasteiger partial charge is 0.350 e. The average molecular weight is 294 g/mol. The van der Waals surface area contributed by atoms with E-state index in [0.717, 1.165) is 12.0 Å². The average Bonchev–Trinajstić information content (AvgIpc) is 2.43. The van der Waals surface area contributed by atoms with E-state index in [-0.39, 0.29) is 11.9 Å². The smallest absolute Gasteiger partial charge is 0.244 e. The van der Waals surface area contributed by atoms with Crippen LogP contribution >= 0.6 is 11.6 Å². The second-order valence-corrected chi connectivity index (χ2v) is 5.52. The summed E-state index contributed by atoms with van der Waals surface area (Å²) in [6.07, 6.45) is 9.25. The molecule has 0 saturated heterocycles. The quantitative estimate of drug-likeness (QED) is 0.540. The van der Waals surface area contributed by atoms with Gasteiger partial charge in [0, 0.05) is 17.1 Å². The summed E-state index contributed by atoms with van der Waals surface area (Å²) in [5, 5.41) is 3.63. The Morgan fingerprint density at radius 2 is 2.05 bits per heavy atom. The van der Waals surface area contributed by atoms with E-state index in [1.807, 2.05) is 31.2 Å². The Kier molecular flexibility index (Phi) is 8.05. The van der Waals surface area contributed by atoms with Gasteiger partial charge in [0.1, 0.15) is 0 Å². The van der Waals surface area contributed by atoms with Gasteiger partial charge in [-0.25, -0.2) is 0 Å². The van der Waals surface area contributed by atoms with E-state index in [9.17, 15) is 4.79 Å². The summed E-state index contributed by atoms with van der Waals surface area (Å²) in [5.74, 6) is -0.0621. The first-order chi connectivity index (χ1) is 9.63. The Hall–Kier alpha value is -1.28. The Morgan fingerprint density at radius 1 is 1.30 bits per heavy atom. The molecular formula is C17H24ClNO. The highest BCUT2D eigenvalue weighted by atomic mass is 35.5. The number of benzene rings is 1. The molecule has 1 aromatic carbocycles. The molecule has 1 aromatic rings. The molecule has 0 radical (unpaired) electrons. The van der Waals surface area contributed by atoms with Crippen molar-refractivity contribution < 1.29 is 4.79 Å². The van der Waals surface area contributed by atoms with Crippen molar-refractivity contribution in [3.8, 4) is 0 Å². The van der Waals surface area contributed by atoms with E-state index in [1.54, 1.807) is 12.2 Å². The molecule has 0 aliphatic heterocycles. The van der Waals surface area contributed by atoms with E-state index in [4.69, 9.17) is 11.6 Å². The first-order valence-electron chi connectivity index (χ1n) is 7.36. The maximum atomic E-state index is 11.8. The van der Waals surface area contributed by atoms with E-state index in [0.29, 0.717) is 5.02 Å². The minimum Gasteiger partial charge on any atom is -0.350 e. The third-order valence-electron chi connectivity index (χ3n) is 3.20. The molecule has 0 heterocycles. The predicted molar refractivity (Wildman–Crippen MR) is 86.8 cm³/mol. The number of carbonyl (C=O) groups excluding carboxylic acids is 1. The fourth-order valence-corrected chi connectivity index (χ4v) is 2.21. The van der Waals surface area contributed by atoms with Crippen molar-refractivity contribution in [3.63, 3.8) is 0 Å². The molecule has 0 aliphatic rings. The third-order valence-corrected chi connectivity index (χ3v) is 3.54. The lowest BCUT2D eigenvalue weighted by Gasteiger charge is -2.12. The number of halogens is 1. The van der Waals surface area contributed by atoms with Crippen LogP contribution in [0.15, 0.2) is 30.3 Å². The van der Waals surface area contributed by atoms with E-state index < -0.39 is 0 Å². The van der Waals surface area contributed by atoms with Crippen LogP contribution in [0.1, 0.15) is 51.5 Å². The highest BCUT2D eigenvalue weighted by molar-refractivity contribution is 6.32. The topological polar surface area (TPSA) is 29.1 Å². The molecule has 0 spiro atoms. The van der Waals surface area contributed by atoms with Crippen LogP contribution in [0.4, 0.5) is 0 Å². The van der Waals surface area contributed by atoms with Gasteiger partial charge in [-0.1, -0.05) is 62.4 Å². The van der Waals surface area contributed by atoms with Gasteiger partial charge in [0.15, 0.2) is 0 Å². The zero-order chi connectivity index (χ0) is 14.8. The summed E-state index contributed by atoms with van der Waals surface area (Å²) in [4.78, 5) is 11.8. The van der Waals surface area contributed by atoms with Crippen LogP contribution in [0.3, 0.4) is 0 Å². The van der Waals surface area contributed by atoms with Crippen LogP contribution in [0.25, 0.3) is 6.08 Å². The summed E-state index contributed by atoms with van der Waals surface area (Å²) >= 11 is 6.03. The molecule has 1 atom stereocenters. The van der Waals surface area contributed by atoms with Crippen LogP contribution in [-0.2, 0) is 4.79 Å². The van der Waals surface area contributed by atoms with E-state index in [2.05, 4.69) is 12.2 Å². The van der Waals surface area contributed by atoms with Crippen LogP contribution in [0.5, 0.6) is 0 Å². The molecule has 3 heteroatoms. The van der Waals surface area contributed by atoms with Gasteiger partial charge in [0.05, 0.1) is 0 Å². The summed E-state index contributed by atoms with van der Waals surface area (Å²) in [7, 11) is 0. The van der Waals surface area contributed by atoms with Crippen molar-refractivity contribution in [1.29, 1.82) is 0 Å². The monoisotopic (exact) mass is 293 g/mol. The van der Waals surface area contributed by atoms with Crippen LogP contribution in [0.2, 0.25) is 5.02 Å². The molecule has 1 amide bonds. The Morgan fingerprint density at radius 3 is 2.75 bits per heavy atom. The molecule has 0 saturated carbocycles. The molecule has 1 rings (SSSR count). The number of hydrogen-bond acceptors (Lipinski definition) is 1. The number of unbranched alkanes of at least 4 members (excludes halogenated alkanes) is 3. The minimum absolute atomic E-state index is 0.0621. The molecule has 0 bridgehead atoms. The highest BCUT2D eigenvalue weighted by Crippen LogP contribution is 2.16. The fourth-order valence-electron chi connectivity index (χ4n) is 2.02. The number of carbonyl (C=O) groups is 1. The lowest BCUT2D eigenvalue weighted by Crippen LogP contribution is -2.30. The summed E-state index contributed by atoms with van der Waals surface area (Å²) < 4.78 is 0. The second-order valence-electron chi connectivity index (χ2n) is 5.11. The van der Waals surface area contributed by atoms with Crippen molar-refractivity contribution in [2.45, 2.75) is 52.0 Å². The van der Waals surface area contributed by atoms with Crippen LogP contribution in [-0.4, -0.2) is 11.9 Å². The Labute approximate surface area is 127 Å². The van der Waals surface area contributed by atoms with Crippen molar-refractivity contribution in [2.24, 2.45) is 0 Å². The van der Waals surface area contributed by atoms with Crippen LogP contribution in [0, 0.1) is 0 Å². The molecule has 1 N–H and O–H groups in total. The lowest BCUT2D eigenvalue weighted by atomic mass is 10.1. The summed E-state index contributed by atoms with van der Waals surface area (Å²) in [5.41, 5.74) is 0.861. The van der Waals surface area contributed by atoms with Gasteiger partial charge in [-0.2, -0.15) is 0 Å². The first kappa shape index (κ1) is 16.8. The van der Waals surface area contributed by atoms with Crippen molar-refractivity contribution >= 4 is 23.6 Å². The zero-order valence-electron chi connectivity index (χ0n) is 12.4. The Bertz CT molecular complexity index is 442. The summed E-state index contributed by atoms with van der Waals surface area (Å²) in [6.45, 7) is 4.25. The molecular weight excluding hydrogens is 270 g/mol. The third kappa shape index (κ3) is 6.76. The van der Waals surface area contributed by atoms with Gasteiger partial charge in [-0.05, 0) is 31.1 Å². The highest BCUT2D eigenvalue weighted by Gasteiger charge is 2.04.